The molecule has 4 aromatic rings. The van der Waals surface area contributed by atoms with Crippen molar-refractivity contribution in [2.45, 2.75) is 30.6 Å². The molecule has 0 unspecified atom stereocenters. The summed E-state index contributed by atoms with van der Waals surface area (Å²) >= 11 is 6.26. The van der Waals surface area contributed by atoms with Crippen LogP contribution in [0.5, 0.6) is 0 Å². The molecule has 0 atom stereocenters. The number of hydrogen-bond acceptors (Lipinski definition) is 5. The summed E-state index contributed by atoms with van der Waals surface area (Å²) < 4.78 is 56.6. The van der Waals surface area contributed by atoms with E-state index in [0.717, 1.165) is 15.4 Å². The Kier molecular flexibility index (Phi) is 8.53. The average Bonchev–Trinajstić information content (AvgIpc) is 2.92. The van der Waals surface area contributed by atoms with E-state index in [1.165, 1.54) is 36.4 Å². The summed E-state index contributed by atoms with van der Waals surface area (Å²) in [6, 6.07) is 23.7. The summed E-state index contributed by atoms with van der Waals surface area (Å²) in [5.74, 6) is -0.622. The van der Waals surface area contributed by atoms with Crippen LogP contribution in [0.1, 0.15) is 16.7 Å². The van der Waals surface area contributed by atoms with Crippen LogP contribution in [0.3, 0.4) is 0 Å². The van der Waals surface area contributed by atoms with E-state index in [-0.39, 0.29) is 15.5 Å². The molecule has 0 saturated carbocycles. The molecule has 0 aliphatic heterocycles. The Morgan fingerprint density at radius 2 is 1.48 bits per heavy atom. The number of benzene rings is 4. The van der Waals surface area contributed by atoms with Crippen LogP contribution in [-0.2, 0) is 24.8 Å². The lowest BCUT2D eigenvalue weighted by Gasteiger charge is -2.26. The monoisotopic (exact) mass is 597 g/mol. The van der Waals surface area contributed by atoms with Gasteiger partial charge >= 0.3 is 0 Å². The van der Waals surface area contributed by atoms with Crippen molar-refractivity contribution in [2.75, 3.05) is 20.9 Å². The zero-order chi connectivity index (χ0) is 29.1. The highest BCUT2D eigenvalue weighted by atomic mass is 35.5. The van der Waals surface area contributed by atoms with E-state index >= 15 is 0 Å². The van der Waals surface area contributed by atoms with E-state index in [2.05, 4.69) is 10.0 Å². The van der Waals surface area contributed by atoms with Gasteiger partial charge < -0.3 is 5.32 Å². The molecule has 4 aromatic carbocycles. The first kappa shape index (κ1) is 29.1. The van der Waals surface area contributed by atoms with Crippen molar-refractivity contribution < 1.29 is 21.6 Å². The molecule has 0 fully saturated rings. The zero-order valence-corrected chi connectivity index (χ0v) is 24.4. The third-order valence-corrected chi connectivity index (χ3v) is 9.78. The maximum absolute atomic E-state index is 13.6. The highest BCUT2D eigenvalue weighted by Gasteiger charge is 2.29. The van der Waals surface area contributed by atoms with Gasteiger partial charge in [-0.25, -0.2) is 16.8 Å². The van der Waals surface area contributed by atoms with Gasteiger partial charge in [0.25, 0.3) is 20.0 Å². The van der Waals surface area contributed by atoms with Crippen molar-refractivity contribution in [3.63, 3.8) is 0 Å². The minimum Gasteiger partial charge on any atom is -0.325 e. The summed E-state index contributed by atoms with van der Waals surface area (Å²) in [5, 5.41) is 3.01. The van der Waals surface area contributed by atoms with Crippen molar-refractivity contribution in [1.29, 1.82) is 0 Å². The van der Waals surface area contributed by atoms with E-state index in [9.17, 15) is 21.6 Å². The minimum atomic E-state index is -4.12. The zero-order valence-electron chi connectivity index (χ0n) is 22.1. The molecule has 0 saturated heterocycles. The van der Waals surface area contributed by atoms with Crippen molar-refractivity contribution in [3.05, 3.63) is 113 Å². The molecule has 0 aliphatic carbocycles. The molecule has 11 heteroatoms. The van der Waals surface area contributed by atoms with E-state index in [1.807, 2.05) is 26.0 Å². The molecule has 0 bridgehead atoms. The SMILES string of the molecule is Cc1ccc(C)c(NS(=O)(=O)c2ccc(NC(=O)CN(c3cccc(Cl)c3C)S(=O)(=O)c3ccccc3)cc2)c1. The Labute approximate surface area is 239 Å². The van der Waals surface area contributed by atoms with Gasteiger partial charge in [-0.1, -0.05) is 48.0 Å². The van der Waals surface area contributed by atoms with E-state index in [4.69, 9.17) is 11.6 Å². The lowest BCUT2D eigenvalue weighted by atomic mass is 10.1. The van der Waals surface area contributed by atoms with Crippen molar-refractivity contribution in [3.8, 4) is 0 Å². The van der Waals surface area contributed by atoms with Gasteiger partial charge in [0.15, 0.2) is 0 Å². The van der Waals surface area contributed by atoms with Gasteiger partial charge in [-0.05, 0) is 92.1 Å². The molecule has 1 amide bonds. The summed E-state index contributed by atoms with van der Waals surface area (Å²) in [7, 11) is -7.99. The third-order valence-electron chi connectivity index (χ3n) is 6.21. The van der Waals surface area contributed by atoms with Gasteiger partial charge in [0.05, 0.1) is 21.2 Å². The number of rotatable bonds is 9. The van der Waals surface area contributed by atoms with Gasteiger partial charge in [-0.15, -0.1) is 0 Å². The van der Waals surface area contributed by atoms with Gasteiger partial charge in [-0.2, -0.15) is 0 Å². The number of halogens is 1. The molecule has 4 rings (SSSR count). The molecule has 0 radical (unpaired) electrons. The molecular formula is C29H28ClN3O5S2. The fourth-order valence-electron chi connectivity index (χ4n) is 3.98. The Balaban J connectivity index is 1.56. The summed E-state index contributed by atoms with van der Waals surface area (Å²) in [6.07, 6.45) is 0. The second-order valence-corrected chi connectivity index (χ2v) is 13.2. The summed E-state index contributed by atoms with van der Waals surface area (Å²) in [5.41, 5.74) is 3.25. The second-order valence-electron chi connectivity index (χ2n) is 9.21. The predicted octanol–water partition coefficient (Wildman–Crippen LogP) is 5.90. The van der Waals surface area contributed by atoms with Crippen LogP contribution in [0.25, 0.3) is 0 Å². The Hall–Kier alpha value is -3.86. The Morgan fingerprint density at radius 3 is 2.15 bits per heavy atom. The standard InChI is InChI=1S/C29H28ClN3O5S2/c1-20-12-13-21(2)27(18-20)32-39(35,36)24-16-14-23(15-17-24)31-29(34)19-33(28-11-7-10-26(30)22(28)3)40(37,38)25-8-5-4-6-9-25/h4-18,32H,19H2,1-3H3,(H,31,34). The first-order valence-corrected chi connectivity index (χ1v) is 15.5. The molecular weight excluding hydrogens is 570 g/mol. The molecule has 0 aliphatic rings. The number of carbonyl (C=O) groups excluding carboxylic acids is 1. The van der Waals surface area contributed by atoms with E-state index < -0.39 is 32.5 Å². The van der Waals surface area contributed by atoms with Gasteiger partial charge in [0, 0.05) is 10.7 Å². The molecule has 0 heterocycles. The molecule has 0 spiro atoms. The van der Waals surface area contributed by atoms with Crippen molar-refractivity contribution in [2.24, 2.45) is 0 Å². The molecule has 8 nitrogen and oxygen atoms in total. The van der Waals surface area contributed by atoms with Crippen LogP contribution in [0.2, 0.25) is 5.02 Å². The lowest BCUT2D eigenvalue weighted by Crippen LogP contribution is -2.38. The number of hydrogen-bond donors (Lipinski definition) is 2. The number of nitrogens with zero attached hydrogens (tertiary/aromatic N) is 1. The quantitative estimate of drug-likeness (QED) is 0.249. The number of nitrogens with one attached hydrogen (secondary N) is 2. The van der Waals surface area contributed by atoms with Crippen LogP contribution in [0.15, 0.2) is 101 Å². The summed E-state index contributed by atoms with van der Waals surface area (Å²) in [4.78, 5) is 13.1. The predicted molar refractivity (Wildman–Crippen MR) is 159 cm³/mol. The highest BCUT2D eigenvalue weighted by Crippen LogP contribution is 2.31. The average molecular weight is 598 g/mol. The number of anilines is 3. The topological polar surface area (TPSA) is 113 Å². The largest absolute Gasteiger partial charge is 0.325 e. The van der Waals surface area contributed by atoms with Gasteiger partial charge in [-0.3, -0.25) is 13.8 Å². The molecule has 208 valence electrons. The maximum atomic E-state index is 13.6. The lowest BCUT2D eigenvalue weighted by molar-refractivity contribution is -0.114. The number of sulfonamides is 2. The number of carbonyl (C=O) groups is 1. The smallest absolute Gasteiger partial charge is 0.264 e. The fraction of sp³-hybridized carbons (Fsp3) is 0.138. The van der Waals surface area contributed by atoms with Crippen LogP contribution >= 0.6 is 11.6 Å². The van der Waals surface area contributed by atoms with Crippen LogP contribution < -0.4 is 14.3 Å². The molecule has 2 N–H and O–H groups in total. The highest BCUT2D eigenvalue weighted by molar-refractivity contribution is 7.93. The Bertz CT molecular complexity index is 1760. The third kappa shape index (κ3) is 6.47. The summed E-state index contributed by atoms with van der Waals surface area (Å²) in [6.45, 7) is 4.82. The van der Waals surface area contributed by atoms with E-state index in [0.29, 0.717) is 22.0 Å². The number of amides is 1. The normalized spacial score (nSPS) is 11.6. The van der Waals surface area contributed by atoms with Crippen molar-refractivity contribution >= 4 is 54.6 Å². The van der Waals surface area contributed by atoms with E-state index in [1.54, 1.807) is 49.4 Å². The first-order chi connectivity index (χ1) is 18.9. The molecule has 40 heavy (non-hydrogen) atoms. The second kappa shape index (κ2) is 11.7. The fourth-order valence-corrected chi connectivity index (χ4v) is 6.77. The minimum absolute atomic E-state index is 0.00855. The molecule has 0 aromatic heterocycles. The Morgan fingerprint density at radius 1 is 0.800 bits per heavy atom. The van der Waals surface area contributed by atoms with Gasteiger partial charge in [0.2, 0.25) is 5.91 Å². The van der Waals surface area contributed by atoms with Crippen LogP contribution in [-0.4, -0.2) is 29.3 Å². The first-order valence-electron chi connectivity index (χ1n) is 12.2. The maximum Gasteiger partial charge on any atom is 0.264 e. The van der Waals surface area contributed by atoms with Crippen LogP contribution in [0, 0.1) is 20.8 Å². The van der Waals surface area contributed by atoms with Crippen LogP contribution in [0.4, 0.5) is 17.1 Å². The number of aryl methyl sites for hydroxylation is 2. The van der Waals surface area contributed by atoms with Gasteiger partial charge in [0.1, 0.15) is 6.54 Å². The van der Waals surface area contributed by atoms with Crippen molar-refractivity contribution in [1.82, 2.24) is 0 Å².